The van der Waals surface area contributed by atoms with E-state index in [0.717, 1.165) is 49.2 Å². The van der Waals surface area contributed by atoms with E-state index in [1.54, 1.807) is 25.0 Å². The zero-order valence-electron chi connectivity index (χ0n) is 17.5. The molecule has 0 bridgehead atoms. The maximum Gasteiger partial charge on any atom is 0.266 e. The molecular weight excluding hydrogens is 400 g/mol. The topological polar surface area (TPSA) is 91.3 Å². The summed E-state index contributed by atoms with van der Waals surface area (Å²) in [4.78, 5) is 43.2. The molecule has 0 unspecified atom stereocenters. The van der Waals surface area contributed by atoms with Gasteiger partial charge in [0, 0.05) is 45.1 Å². The summed E-state index contributed by atoms with van der Waals surface area (Å²) in [5.41, 5.74) is 3.09. The lowest BCUT2D eigenvalue weighted by Gasteiger charge is -2.43. The van der Waals surface area contributed by atoms with Crippen molar-refractivity contribution in [3.8, 4) is 0 Å². The van der Waals surface area contributed by atoms with Gasteiger partial charge in [0.05, 0.1) is 16.8 Å². The molecule has 1 atom stereocenters. The Kier molecular flexibility index (Phi) is 6.26. The molecule has 2 aromatic heterocycles. The minimum Gasteiger partial charge on any atom is -0.357 e. The number of carbonyl (C=O) groups excluding carboxylic acids is 2. The van der Waals surface area contributed by atoms with Gasteiger partial charge >= 0.3 is 0 Å². The Hall–Kier alpha value is -2.55. The van der Waals surface area contributed by atoms with Crippen molar-refractivity contribution in [2.24, 2.45) is 5.92 Å². The van der Waals surface area contributed by atoms with Gasteiger partial charge in [-0.3, -0.25) is 9.59 Å². The first-order valence-corrected chi connectivity index (χ1v) is 11.5. The number of hydrogen-bond acceptors (Lipinski definition) is 7. The first-order valence-electron chi connectivity index (χ1n) is 10.6. The van der Waals surface area contributed by atoms with Crippen LogP contribution in [-0.2, 0) is 0 Å². The van der Waals surface area contributed by atoms with E-state index in [1.807, 2.05) is 11.8 Å². The average Bonchev–Trinajstić information content (AvgIpc) is 3.24. The summed E-state index contributed by atoms with van der Waals surface area (Å²) in [5, 5.41) is 2.86. The number of anilines is 1. The van der Waals surface area contributed by atoms with Gasteiger partial charge in [0.15, 0.2) is 0 Å². The molecule has 4 rings (SSSR count). The summed E-state index contributed by atoms with van der Waals surface area (Å²) in [5.74, 6) is 1.03. The van der Waals surface area contributed by atoms with E-state index in [0.29, 0.717) is 30.5 Å². The monoisotopic (exact) mass is 428 g/mol. The molecule has 2 fully saturated rings. The van der Waals surface area contributed by atoms with Gasteiger partial charge in [0.1, 0.15) is 4.88 Å². The normalized spacial score (nSPS) is 20.3. The largest absolute Gasteiger partial charge is 0.357 e. The lowest BCUT2D eigenvalue weighted by molar-refractivity contribution is 0.0377. The molecule has 2 aliphatic heterocycles. The lowest BCUT2D eigenvalue weighted by Crippen LogP contribution is -2.51. The third-order valence-electron chi connectivity index (χ3n) is 6.24. The number of nitrogens with zero attached hydrogens (tertiary/aromatic N) is 5. The summed E-state index contributed by atoms with van der Waals surface area (Å²) in [7, 11) is 1.75. The molecule has 0 saturated carbocycles. The molecule has 0 aromatic carbocycles. The van der Waals surface area contributed by atoms with Gasteiger partial charge in [-0.05, 0) is 44.9 Å². The number of piperidine rings is 2. The first-order chi connectivity index (χ1) is 14.6. The van der Waals surface area contributed by atoms with Crippen molar-refractivity contribution in [2.75, 3.05) is 32.0 Å². The molecule has 1 N–H and O–H groups in total. The fourth-order valence-electron chi connectivity index (χ4n) is 4.57. The van der Waals surface area contributed by atoms with Crippen LogP contribution in [0.5, 0.6) is 0 Å². The van der Waals surface area contributed by atoms with Crippen LogP contribution >= 0.6 is 11.3 Å². The fraction of sp³-hybridized carbons (Fsp3) is 0.571. The van der Waals surface area contributed by atoms with Crippen LogP contribution in [0.2, 0.25) is 0 Å². The zero-order chi connectivity index (χ0) is 21.1. The van der Waals surface area contributed by atoms with E-state index < -0.39 is 0 Å². The maximum atomic E-state index is 13.2. The number of nitrogens with one attached hydrogen (secondary N) is 1. The number of amides is 2. The summed E-state index contributed by atoms with van der Waals surface area (Å²) < 4.78 is 0. The number of aryl methyl sites for hydroxylation is 1. The van der Waals surface area contributed by atoms with Crippen LogP contribution < -0.4 is 5.32 Å². The Labute approximate surface area is 180 Å². The molecular formula is C21H28N6O2S. The molecule has 0 spiro atoms. The molecule has 30 heavy (non-hydrogen) atoms. The van der Waals surface area contributed by atoms with E-state index in [1.165, 1.54) is 11.3 Å². The molecule has 0 aliphatic carbocycles. The Morgan fingerprint density at radius 3 is 2.40 bits per heavy atom. The number of rotatable bonds is 4. The second-order valence-electron chi connectivity index (χ2n) is 8.00. The van der Waals surface area contributed by atoms with Crippen LogP contribution in [0.15, 0.2) is 17.9 Å². The molecule has 2 aromatic rings. The van der Waals surface area contributed by atoms with Crippen LogP contribution in [0.1, 0.15) is 57.8 Å². The number of thiazole rings is 1. The van der Waals surface area contributed by atoms with Crippen LogP contribution in [-0.4, -0.2) is 69.3 Å². The quantitative estimate of drug-likeness (QED) is 0.805. The summed E-state index contributed by atoms with van der Waals surface area (Å²) in [6, 6.07) is 0.253. The summed E-state index contributed by atoms with van der Waals surface area (Å²) in [6.07, 6.45) is 8.24. The predicted molar refractivity (Wildman–Crippen MR) is 116 cm³/mol. The number of hydrogen-bond donors (Lipinski definition) is 1. The number of likely N-dealkylation sites (tertiary alicyclic amines) is 2. The number of carbonyl (C=O) groups is 2. The summed E-state index contributed by atoms with van der Waals surface area (Å²) in [6.45, 7) is 4.12. The van der Waals surface area contributed by atoms with Gasteiger partial charge < -0.3 is 15.1 Å². The van der Waals surface area contributed by atoms with E-state index >= 15 is 0 Å². The Balaban J connectivity index is 1.40. The SMILES string of the molecule is CNc1ncc(C(=O)N2CCC([C@@H]3CCCCN3C(=O)c3scnc3C)CC2)cn1. The minimum absolute atomic E-state index is 0.0204. The van der Waals surface area contributed by atoms with Gasteiger partial charge in [-0.1, -0.05) is 0 Å². The van der Waals surface area contributed by atoms with Crippen molar-refractivity contribution in [3.63, 3.8) is 0 Å². The molecule has 2 saturated heterocycles. The first kappa shape index (κ1) is 20.7. The maximum absolute atomic E-state index is 13.2. The summed E-state index contributed by atoms with van der Waals surface area (Å²) >= 11 is 1.43. The van der Waals surface area contributed by atoms with Crippen molar-refractivity contribution in [1.82, 2.24) is 24.8 Å². The van der Waals surface area contributed by atoms with Crippen molar-refractivity contribution in [2.45, 2.75) is 45.1 Å². The van der Waals surface area contributed by atoms with Crippen molar-refractivity contribution in [1.29, 1.82) is 0 Å². The van der Waals surface area contributed by atoms with Crippen LogP contribution in [0.4, 0.5) is 5.95 Å². The predicted octanol–water partition coefficient (Wildman–Crippen LogP) is 2.83. The molecule has 4 heterocycles. The van der Waals surface area contributed by atoms with Crippen molar-refractivity contribution < 1.29 is 9.59 Å². The van der Waals surface area contributed by atoms with E-state index in [-0.39, 0.29) is 17.9 Å². The Morgan fingerprint density at radius 1 is 1.03 bits per heavy atom. The van der Waals surface area contributed by atoms with Gasteiger partial charge in [-0.15, -0.1) is 11.3 Å². The van der Waals surface area contributed by atoms with E-state index in [9.17, 15) is 9.59 Å². The highest BCUT2D eigenvalue weighted by Gasteiger charge is 2.36. The van der Waals surface area contributed by atoms with E-state index in [2.05, 4.69) is 25.2 Å². The third kappa shape index (κ3) is 4.16. The molecule has 2 aliphatic rings. The van der Waals surface area contributed by atoms with Gasteiger partial charge in [-0.25, -0.2) is 15.0 Å². The second-order valence-corrected chi connectivity index (χ2v) is 8.86. The highest BCUT2D eigenvalue weighted by atomic mass is 32.1. The smallest absolute Gasteiger partial charge is 0.266 e. The van der Waals surface area contributed by atoms with Crippen molar-refractivity contribution in [3.05, 3.63) is 34.0 Å². The van der Waals surface area contributed by atoms with Crippen LogP contribution in [0.25, 0.3) is 0 Å². The molecule has 0 radical (unpaired) electrons. The Morgan fingerprint density at radius 2 is 1.77 bits per heavy atom. The second kappa shape index (κ2) is 9.07. The van der Waals surface area contributed by atoms with Gasteiger partial charge in [0.25, 0.3) is 11.8 Å². The van der Waals surface area contributed by atoms with Gasteiger partial charge in [-0.2, -0.15) is 0 Å². The minimum atomic E-state index is -0.0204. The van der Waals surface area contributed by atoms with Crippen LogP contribution in [0, 0.1) is 12.8 Å². The highest BCUT2D eigenvalue weighted by Crippen LogP contribution is 2.32. The zero-order valence-corrected chi connectivity index (χ0v) is 18.3. The molecule has 160 valence electrons. The number of aromatic nitrogens is 3. The lowest BCUT2D eigenvalue weighted by atomic mass is 9.83. The highest BCUT2D eigenvalue weighted by molar-refractivity contribution is 7.11. The van der Waals surface area contributed by atoms with E-state index in [4.69, 9.17) is 0 Å². The molecule has 2 amide bonds. The van der Waals surface area contributed by atoms with Crippen LogP contribution in [0.3, 0.4) is 0 Å². The fourth-order valence-corrected chi connectivity index (χ4v) is 5.33. The molecule has 9 heteroatoms. The average molecular weight is 429 g/mol. The van der Waals surface area contributed by atoms with Gasteiger partial charge in [0.2, 0.25) is 5.95 Å². The Bertz CT molecular complexity index is 891. The van der Waals surface area contributed by atoms with Crippen molar-refractivity contribution >= 4 is 29.1 Å². The third-order valence-corrected chi connectivity index (χ3v) is 7.16. The standard InChI is InChI=1S/C21H28N6O2S/c1-14-18(30-13-25-14)20(29)27-8-4-3-5-17(27)15-6-9-26(10-7-15)19(28)16-11-23-21(22-2)24-12-16/h11-13,15,17H,3-10H2,1-2H3,(H,22,23,24)/t17-/m0/s1. The molecule has 8 nitrogen and oxygen atoms in total.